The first kappa shape index (κ1) is 17.6. The largest absolute Gasteiger partial charge is 0.353 e. The van der Waals surface area contributed by atoms with E-state index in [2.05, 4.69) is 10.6 Å². The number of aryl methyl sites for hydroxylation is 1. The normalized spacial score (nSPS) is 21.7. The second kappa shape index (κ2) is 7.43. The molecule has 5 heteroatoms. The molecule has 1 saturated heterocycles. The van der Waals surface area contributed by atoms with E-state index in [9.17, 15) is 9.59 Å². The lowest BCUT2D eigenvalue weighted by Crippen LogP contribution is -2.37. The molecule has 2 atom stereocenters. The molecule has 5 nitrogen and oxygen atoms in total. The van der Waals surface area contributed by atoms with Crippen LogP contribution in [-0.4, -0.2) is 36.0 Å². The molecule has 2 N–H and O–H groups in total. The number of hydrogen-bond acceptors (Lipinski definition) is 2. The minimum atomic E-state index is -0.211. The summed E-state index contributed by atoms with van der Waals surface area (Å²) in [6, 6.07) is 17.9. The maximum atomic E-state index is 12.8. The number of anilines is 1. The predicted molar refractivity (Wildman–Crippen MR) is 106 cm³/mol. The van der Waals surface area contributed by atoms with Crippen molar-refractivity contribution in [3.63, 3.8) is 0 Å². The monoisotopic (exact) mass is 363 g/mol. The minimum absolute atomic E-state index is 0.0220. The lowest BCUT2D eigenvalue weighted by atomic mass is 9.88. The van der Waals surface area contributed by atoms with Crippen LogP contribution in [-0.2, 0) is 4.79 Å². The van der Waals surface area contributed by atoms with Gasteiger partial charge < -0.3 is 15.5 Å². The van der Waals surface area contributed by atoms with Gasteiger partial charge in [0.1, 0.15) is 0 Å². The summed E-state index contributed by atoms with van der Waals surface area (Å²) in [5.74, 6) is -0.123. The van der Waals surface area contributed by atoms with Crippen LogP contribution < -0.4 is 10.6 Å². The fourth-order valence-electron chi connectivity index (χ4n) is 3.65. The molecule has 1 aliphatic heterocycles. The summed E-state index contributed by atoms with van der Waals surface area (Å²) in [6.07, 6.45) is 2.12. The summed E-state index contributed by atoms with van der Waals surface area (Å²) in [6.45, 7) is 3.00. The fraction of sp³-hybridized carbons (Fsp3) is 0.364. The van der Waals surface area contributed by atoms with Crippen molar-refractivity contribution in [3.8, 4) is 0 Å². The lowest BCUT2D eigenvalue weighted by molar-refractivity contribution is -0.125. The number of rotatable bonds is 4. The fourth-order valence-corrected chi connectivity index (χ4v) is 3.65. The number of urea groups is 1. The van der Waals surface area contributed by atoms with Crippen molar-refractivity contribution in [1.82, 2.24) is 10.2 Å². The number of hydrogen-bond donors (Lipinski definition) is 2. The van der Waals surface area contributed by atoms with Gasteiger partial charge in [0.05, 0.1) is 5.92 Å². The lowest BCUT2D eigenvalue weighted by Gasteiger charge is -2.17. The number of likely N-dealkylation sites (tertiary alicyclic amines) is 1. The molecule has 0 aromatic heterocycles. The van der Waals surface area contributed by atoms with Crippen LogP contribution in [0.25, 0.3) is 0 Å². The van der Waals surface area contributed by atoms with E-state index in [1.165, 1.54) is 0 Å². The quantitative estimate of drug-likeness (QED) is 0.873. The minimum Gasteiger partial charge on any atom is -0.353 e. The van der Waals surface area contributed by atoms with E-state index in [0.717, 1.165) is 29.7 Å². The van der Waals surface area contributed by atoms with Gasteiger partial charge >= 0.3 is 6.03 Å². The molecule has 0 bridgehead atoms. The third kappa shape index (κ3) is 4.13. The van der Waals surface area contributed by atoms with Gasteiger partial charge in [0.25, 0.3) is 0 Å². The van der Waals surface area contributed by atoms with E-state index in [0.29, 0.717) is 19.1 Å². The van der Waals surface area contributed by atoms with Gasteiger partial charge in [-0.05, 0) is 37.5 Å². The maximum Gasteiger partial charge on any atom is 0.321 e. The summed E-state index contributed by atoms with van der Waals surface area (Å²) in [5, 5.41) is 6.06. The van der Waals surface area contributed by atoms with Crippen LogP contribution in [0, 0.1) is 12.8 Å². The Morgan fingerprint density at radius 3 is 2.33 bits per heavy atom. The van der Waals surface area contributed by atoms with E-state index in [1.54, 1.807) is 4.90 Å². The highest BCUT2D eigenvalue weighted by atomic mass is 16.2. The zero-order valence-corrected chi connectivity index (χ0v) is 15.5. The Kier molecular flexibility index (Phi) is 4.84. The molecule has 1 saturated carbocycles. The van der Waals surface area contributed by atoms with Gasteiger partial charge in [-0.1, -0.05) is 48.0 Å². The Balaban J connectivity index is 1.49. The third-order valence-corrected chi connectivity index (χ3v) is 5.40. The van der Waals surface area contributed by atoms with Crippen molar-refractivity contribution in [2.45, 2.75) is 31.7 Å². The van der Waals surface area contributed by atoms with Gasteiger partial charge in [-0.3, -0.25) is 4.79 Å². The number of benzene rings is 2. The topological polar surface area (TPSA) is 61.4 Å². The average molecular weight is 363 g/mol. The Morgan fingerprint density at radius 2 is 1.67 bits per heavy atom. The molecular weight excluding hydrogens is 338 g/mol. The third-order valence-electron chi connectivity index (χ3n) is 5.40. The van der Waals surface area contributed by atoms with Gasteiger partial charge in [0, 0.05) is 30.7 Å². The van der Waals surface area contributed by atoms with Crippen LogP contribution in [0.5, 0.6) is 0 Å². The molecule has 2 aromatic rings. The van der Waals surface area contributed by atoms with Gasteiger partial charge in [-0.2, -0.15) is 0 Å². The highest BCUT2D eigenvalue weighted by molar-refractivity contribution is 5.91. The summed E-state index contributed by atoms with van der Waals surface area (Å²) >= 11 is 0. The van der Waals surface area contributed by atoms with Crippen LogP contribution >= 0.6 is 0 Å². The second-order valence-corrected chi connectivity index (χ2v) is 7.61. The molecule has 2 fully saturated rings. The first-order valence-electron chi connectivity index (χ1n) is 9.58. The van der Waals surface area contributed by atoms with Crippen LogP contribution in [0.2, 0.25) is 0 Å². The molecule has 2 unspecified atom stereocenters. The van der Waals surface area contributed by atoms with Crippen molar-refractivity contribution in [1.29, 1.82) is 0 Å². The molecular formula is C22H25N3O2. The number of carbonyl (C=O) groups is 2. The molecule has 27 heavy (non-hydrogen) atoms. The number of nitrogens with one attached hydrogen (secondary N) is 2. The first-order valence-corrected chi connectivity index (χ1v) is 9.58. The van der Waals surface area contributed by atoms with E-state index < -0.39 is 0 Å². The smallest absolute Gasteiger partial charge is 0.321 e. The van der Waals surface area contributed by atoms with Gasteiger partial charge in [0.2, 0.25) is 5.91 Å². The van der Waals surface area contributed by atoms with Crippen LogP contribution in [0.15, 0.2) is 54.6 Å². The van der Waals surface area contributed by atoms with Gasteiger partial charge in [-0.25, -0.2) is 4.79 Å². The van der Waals surface area contributed by atoms with Crippen molar-refractivity contribution in [2.75, 3.05) is 18.4 Å². The Bertz CT molecular complexity index is 815. The zero-order valence-electron chi connectivity index (χ0n) is 15.5. The molecule has 1 heterocycles. The SMILES string of the molecule is Cc1ccc(NC(=O)N2CC(C(=O)NC3CC3)C(c3ccccc3)C2)cc1. The van der Waals surface area contributed by atoms with E-state index in [-0.39, 0.29) is 23.8 Å². The van der Waals surface area contributed by atoms with Gasteiger partial charge in [0.15, 0.2) is 0 Å². The van der Waals surface area contributed by atoms with Crippen molar-refractivity contribution in [2.24, 2.45) is 5.92 Å². The predicted octanol–water partition coefficient (Wildman–Crippen LogP) is 3.52. The van der Waals surface area contributed by atoms with E-state index in [4.69, 9.17) is 0 Å². The van der Waals surface area contributed by atoms with E-state index >= 15 is 0 Å². The zero-order chi connectivity index (χ0) is 18.8. The average Bonchev–Trinajstić information content (AvgIpc) is 3.37. The molecule has 140 valence electrons. The number of amides is 3. The summed E-state index contributed by atoms with van der Waals surface area (Å²) < 4.78 is 0. The molecule has 2 aliphatic rings. The van der Waals surface area contributed by atoms with Crippen LogP contribution in [0.3, 0.4) is 0 Å². The van der Waals surface area contributed by atoms with E-state index in [1.807, 2.05) is 61.5 Å². The summed E-state index contributed by atoms with van der Waals surface area (Å²) in [5.41, 5.74) is 3.03. The molecule has 1 aliphatic carbocycles. The molecule has 4 rings (SSSR count). The van der Waals surface area contributed by atoms with Crippen molar-refractivity contribution in [3.05, 3.63) is 65.7 Å². The first-order chi connectivity index (χ1) is 13.1. The number of nitrogens with zero attached hydrogens (tertiary/aromatic N) is 1. The highest BCUT2D eigenvalue weighted by Crippen LogP contribution is 2.34. The molecule has 0 radical (unpaired) electrons. The standard InChI is InChI=1S/C22H25N3O2/c1-15-7-9-18(10-8-15)24-22(27)25-13-19(16-5-3-2-4-6-16)20(14-25)21(26)23-17-11-12-17/h2-10,17,19-20H,11-14H2,1H3,(H,23,26)(H,24,27). The maximum absolute atomic E-state index is 12.8. The Labute approximate surface area is 159 Å². The van der Waals surface area contributed by atoms with Crippen LogP contribution in [0.1, 0.15) is 29.9 Å². The summed E-state index contributed by atoms with van der Waals surface area (Å²) in [7, 11) is 0. The molecule has 0 spiro atoms. The molecule has 3 amide bonds. The number of carbonyl (C=O) groups excluding carboxylic acids is 2. The van der Waals surface area contributed by atoms with Gasteiger partial charge in [-0.15, -0.1) is 0 Å². The summed E-state index contributed by atoms with van der Waals surface area (Å²) in [4.78, 5) is 27.3. The van der Waals surface area contributed by atoms with Crippen LogP contribution in [0.4, 0.5) is 10.5 Å². The Hall–Kier alpha value is -2.82. The van der Waals surface area contributed by atoms with Crippen molar-refractivity contribution < 1.29 is 9.59 Å². The highest BCUT2D eigenvalue weighted by Gasteiger charge is 2.41. The second-order valence-electron chi connectivity index (χ2n) is 7.61. The van der Waals surface area contributed by atoms with Crippen molar-refractivity contribution >= 4 is 17.6 Å². The Morgan fingerprint density at radius 1 is 0.963 bits per heavy atom. The molecule has 2 aromatic carbocycles.